The van der Waals surface area contributed by atoms with Crippen molar-refractivity contribution >= 4 is 11.8 Å². The molecule has 1 aromatic rings. The van der Waals surface area contributed by atoms with Gasteiger partial charge in [-0.15, -0.1) is 0 Å². The van der Waals surface area contributed by atoms with Gasteiger partial charge in [0.15, 0.2) is 0 Å². The lowest BCUT2D eigenvalue weighted by molar-refractivity contribution is -0.141. The van der Waals surface area contributed by atoms with Gasteiger partial charge in [-0.25, -0.2) is 0 Å². The summed E-state index contributed by atoms with van der Waals surface area (Å²) in [7, 11) is 1.60. The van der Waals surface area contributed by atoms with Gasteiger partial charge in [0.1, 0.15) is 5.75 Å². The van der Waals surface area contributed by atoms with Gasteiger partial charge >= 0.3 is 0 Å². The zero-order chi connectivity index (χ0) is 14.6. The van der Waals surface area contributed by atoms with E-state index in [2.05, 4.69) is 12.2 Å². The number of hydrogen-bond acceptors (Lipinski definition) is 3. The Labute approximate surface area is 123 Å². The average Bonchev–Trinajstić information content (AvgIpc) is 3.17. The lowest BCUT2D eigenvalue weighted by atomic mass is 9.85. The monoisotopic (exact) mass is 283 g/mol. The van der Waals surface area contributed by atoms with Crippen molar-refractivity contribution in [3.8, 4) is 5.75 Å². The van der Waals surface area contributed by atoms with Crippen molar-refractivity contribution in [2.45, 2.75) is 13.0 Å². The summed E-state index contributed by atoms with van der Waals surface area (Å²) in [5, 5.41) is 0. The minimum Gasteiger partial charge on any atom is -0.496 e. The minimum absolute atomic E-state index is 0.00671. The van der Waals surface area contributed by atoms with Crippen LogP contribution in [-0.2, 0) is 16.1 Å². The Morgan fingerprint density at radius 1 is 1.10 bits per heavy atom. The third-order valence-electron chi connectivity index (χ3n) is 5.08. The maximum absolute atomic E-state index is 12.6. The Bertz CT molecular complexity index is 621. The van der Waals surface area contributed by atoms with E-state index in [1.54, 1.807) is 7.11 Å². The van der Waals surface area contributed by atoms with Gasteiger partial charge in [-0.2, -0.15) is 0 Å². The van der Waals surface area contributed by atoms with Crippen molar-refractivity contribution < 1.29 is 14.3 Å². The van der Waals surface area contributed by atoms with E-state index in [4.69, 9.17) is 4.74 Å². The van der Waals surface area contributed by atoms with Gasteiger partial charge in [0, 0.05) is 5.56 Å². The second-order valence-electron chi connectivity index (χ2n) is 6.07. The van der Waals surface area contributed by atoms with Crippen LogP contribution in [0.2, 0.25) is 0 Å². The zero-order valence-electron chi connectivity index (χ0n) is 11.9. The van der Waals surface area contributed by atoms with Gasteiger partial charge in [0.25, 0.3) is 0 Å². The molecule has 1 saturated heterocycles. The molecule has 4 heteroatoms. The highest BCUT2D eigenvalue weighted by molar-refractivity contribution is 6.06. The summed E-state index contributed by atoms with van der Waals surface area (Å²) in [5.41, 5.74) is 0.877. The molecule has 2 bridgehead atoms. The predicted molar refractivity (Wildman–Crippen MR) is 76.3 cm³/mol. The van der Waals surface area contributed by atoms with E-state index < -0.39 is 0 Å². The predicted octanol–water partition coefficient (Wildman–Crippen LogP) is 2.00. The molecule has 0 radical (unpaired) electrons. The topological polar surface area (TPSA) is 46.6 Å². The van der Waals surface area contributed by atoms with Crippen LogP contribution in [0.4, 0.5) is 0 Å². The van der Waals surface area contributed by atoms with Crippen molar-refractivity contribution in [1.82, 2.24) is 4.90 Å². The van der Waals surface area contributed by atoms with Gasteiger partial charge in [0.2, 0.25) is 11.8 Å². The van der Waals surface area contributed by atoms with E-state index in [1.807, 2.05) is 24.3 Å². The summed E-state index contributed by atoms with van der Waals surface area (Å²) in [6, 6.07) is 7.54. The minimum atomic E-state index is -0.123. The van der Waals surface area contributed by atoms with Gasteiger partial charge in [-0.05, 0) is 24.3 Å². The van der Waals surface area contributed by atoms with Crippen LogP contribution < -0.4 is 4.74 Å². The Morgan fingerprint density at radius 2 is 1.71 bits per heavy atom. The normalized spacial score (nSPS) is 32.9. The van der Waals surface area contributed by atoms with Crippen molar-refractivity contribution in [2.24, 2.45) is 23.7 Å². The van der Waals surface area contributed by atoms with E-state index in [-0.39, 0.29) is 35.5 Å². The fraction of sp³-hybridized carbons (Fsp3) is 0.412. The molecule has 0 aromatic heterocycles. The van der Waals surface area contributed by atoms with E-state index >= 15 is 0 Å². The zero-order valence-corrected chi connectivity index (χ0v) is 11.9. The molecular formula is C17H17NO3. The second-order valence-corrected chi connectivity index (χ2v) is 6.07. The van der Waals surface area contributed by atoms with Crippen LogP contribution in [0.1, 0.15) is 12.0 Å². The van der Waals surface area contributed by atoms with Crippen LogP contribution in [0.25, 0.3) is 0 Å². The highest BCUT2D eigenvalue weighted by atomic mass is 16.5. The molecule has 0 unspecified atom stereocenters. The average molecular weight is 283 g/mol. The van der Waals surface area contributed by atoms with E-state index in [0.717, 1.165) is 17.7 Å². The van der Waals surface area contributed by atoms with E-state index in [0.29, 0.717) is 6.54 Å². The number of nitrogens with zero attached hydrogens (tertiary/aromatic N) is 1. The molecule has 21 heavy (non-hydrogen) atoms. The summed E-state index contributed by atoms with van der Waals surface area (Å²) < 4.78 is 5.31. The van der Waals surface area contributed by atoms with Crippen LogP contribution in [0.3, 0.4) is 0 Å². The summed E-state index contributed by atoms with van der Waals surface area (Å²) in [4.78, 5) is 26.7. The quantitative estimate of drug-likeness (QED) is 0.629. The van der Waals surface area contributed by atoms with Crippen LogP contribution in [0, 0.1) is 23.7 Å². The van der Waals surface area contributed by atoms with Gasteiger partial charge in [-0.3, -0.25) is 14.5 Å². The molecule has 2 fully saturated rings. The molecular weight excluding hydrogens is 266 g/mol. The maximum atomic E-state index is 12.6. The number of benzene rings is 1. The van der Waals surface area contributed by atoms with Gasteiger partial charge < -0.3 is 4.74 Å². The number of hydrogen-bond donors (Lipinski definition) is 0. The number of allylic oxidation sites excluding steroid dienone is 2. The molecule has 1 heterocycles. The first-order valence-corrected chi connectivity index (χ1v) is 7.36. The number of imide groups is 1. The van der Waals surface area contributed by atoms with Crippen LogP contribution in [0.5, 0.6) is 5.75 Å². The Balaban J connectivity index is 1.63. The fourth-order valence-corrected chi connectivity index (χ4v) is 4.12. The van der Waals surface area contributed by atoms with E-state index in [1.165, 1.54) is 4.90 Å². The highest BCUT2D eigenvalue weighted by Crippen LogP contribution is 2.52. The molecule has 108 valence electrons. The van der Waals surface area contributed by atoms with Crippen molar-refractivity contribution in [3.05, 3.63) is 42.0 Å². The first kappa shape index (κ1) is 12.6. The SMILES string of the molecule is COc1ccccc1CN1C(=O)[C@@H]2[C@H](C1=O)[C@@H]1C=C[C@H]2C1. The number of methoxy groups -OCH3 is 1. The first-order valence-electron chi connectivity index (χ1n) is 7.36. The number of fused-ring (bicyclic) bond motifs is 5. The molecule has 0 N–H and O–H groups in total. The number of rotatable bonds is 3. The first-order chi connectivity index (χ1) is 10.2. The Morgan fingerprint density at radius 3 is 2.33 bits per heavy atom. The third kappa shape index (κ3) is 1.68. The summed E-state index contributed by atoms with van der Waals surface area (Å²) in [6.45, 7) is 0.314. The van der Waals surface area contributed by atoms with Gasteiger partial charge in [-0.1, -0.05) is 30.4 Å². The van der Waals surface area contributed by atoms with Crippen molar-refractivity contribution in [3.63, 3.8) is 0 Å². The van der Waals surface area contributed by atoms with Crippen LogP contribution in [0.15, 0.2) is 36.4 Å². The number of carbonyl (C=O) groups is 2. The smallest absolute Gasteiger partial charge is 0.234 e. The largest absolute Gasteiger partial charge is 0.496 e. The molecule has 4 nitrogen and oxygen atoms in total. The highest BCUT2D eigenvalue weighted by Gasteiger charge is 2.59. The molecule has 1 aromatic carbocycles. The molecule has 4 atom stereocenters. The number of carbonyl (C=O) groups excluding carboxylic acids is 2. The van der Waals surface area contributed by atoms with E-state index in [9.17, 15) is 9.59 Å². The summed E-state index contributed by atoms with van der Waals surface area (Å²) in [6.07, 6.45) is 5.20. The number of amides is 2. The Hall–Kier alpha value is -2.10. The molecule has 1 saturated carbocycles. The number of likely N-dealkylation sites (tertiary alicyclic amines) is 1. The Kier molecular flexibility index (Phi) is 2.67. The number of para-hydroxylation sites is 1. The van der Waals surface area contributed by atoms with Crippen molar-refractivity contribution in [1.29, 1.82) is 0 Å². The molecule has 2 aliphatic carbocycles. The third-order valence-corrected chi connectivity index (χ3v) is 5.08. The standard InChI is InChI=1S/C17H17NO3/c1-21-13-5-3-2-4-12(13)9-18-16(19)14-10-6-7-11(8-10)15(14)17(18)20/h2-7,10-11,14-15H,8-9H2,1H3/t10-,11+,14-,15+. The molecule has 2 amide bonds. The second kappa shape index (κ2) is 4.45. The molecule has 3 aliphatic rings. The lowest BCUT2D eigenvalue weighted by Gasteiger charge is -2.18. The summed E-state index contributed by atoms with van der Waals surface area (Å²) in [5.74, 6) is 0.986. The fourth-order valence-electron chi connectivity index (χ4n) is 4.12. The van der Waals surface area contributed by atoms with Gasteiger partial charge in [0.05, 0.1) is 25.5 Å². The summed E-state index contributed by atoms with van der Waals surface area (Å²) >= 11 is 0. The van der Waals surface area contributed by atoms with Crippen molar-refractivity contribution in [2.75, 3.05) is 7.11 Å². The number of ether oxygens (including phenoxy) is 1. The van der Waals surface area contributed by atoms with Crippen LogP contribution in [-0.4, -0.2) is 23.8 Å². The molecule has 0 spiro atoms. The molecule has 1 aliphatic heterocycles. The molecule has 4 rings (SSSR count). The lowest BCUT2D eigenvalue weighted by Crippen LogP contribution is -2.32. The van der Waals surface area contributed by atoms with Crippen LogP contribution >= 0.6 is 0 Å². The maximum Gasteiger partial charge on any atom is 0.234 e.